The number of nitrogens with one attached hydrogen (secondary N) is 2. The van der Waals surface area contributed by atoms with Crippen LogP contribution in [-0.4, -0.2) is 46.8 Å². The van der Waals surface area contributed by atoms with Gasteiger partial charge in [-0.15, -0.1) is 0 Å². The third kappa shape index (κ3) is 4.37. The number of pyridine rings is 1. The number of halogens is 5. The molecule has 1 aliphatic heterocycles. The van der Waals surface area contributed by atoms with E-state index in [1.54, 1.807) is 11.9 Å². The predicted molar refractivity (Wildman–Crippen MR) is 79.6 cm³/mol. The van der Waals surface area contributed by atoms with Crippen LogP contribution in [0.5, 0.6) is 0 Å². The second-order valence-electron chi connectivity index (χ2n) is 5.04. The summed E-state index contributed by atoms with van der Waals surface area (Å²) in [4.78, 5) is 25.3. The molecule has 11 heteroatoms. The Morgan fingerprint density at radius 1 is 1.52 bits per heavy atom. The molecule has 2 heterocycles. The summed E-state index contributed by atoms with van der Waals surface area (Å²) in [6.45, 7) is -1.21. The molecule has 128 valence electrons. The molecule has 1 saturated heterocycles. The molecule has 1 aromatic heterocycles. The van der Waals surface area contributed by atoms with Gasteiger partial charge in [-0.3, -0.25) is 19.8 Å². The van der Waals surface area contributed by atoms with Crippen LogP contribution in [0.1, 0.15) is 0 Å². The van der Waals surface area contributed by atoms with Gasteiger partial charge in [0.1, 0.15) is 23.2 Å². The number of hydrogen-bond acceptors (Lipinski definition) is 4. The first-order valence-corrected chi connectivity index (χ1v) is 7.27. The Morgan fingerprint density at radius 2 is 2.17 bits per heavy atom. The van der Waals surface area contributed by atoms with Crippen molar-refractivity contribution in [3.63, 3.8) is 0 Å². The van der Waals surface area contributed by atoms with Gasteiger partial charge in [0, 0.05) is 12.7 Å². The van der Waals surface area contributed by atoms with Gasteiger partial charge in [-0.1, -0.05) is 23.2 Å². The van der Waals surface area contributed by atoms with Crippen molar-refractivity contribution in [1.82, 2.24) is 14.8 Å². The maximum atomic E-state index is 12.5. The van der Waals surface area contributed by atoms with Crippen molar-refractivity contribution in [2.75, 3.05) is 18.9 Å². The zero-order chi connectivity index (χ0) is 17.4. The van der Waals surface area contributed by atoms with Crippen molar-refractivity contribution < 1.29 is 18.0 Å². The van der Waals surface area contributed by atoms with Crippen LogP contribution in [-0.2, 0) is 11.3 Å². The van der Waals surface area contributed by atoms with Gasteiger partial charge in [0.25, 0.3) is 5.56 Å². The molecule has 1 amide bonds. The van der Waals surface area contributed by atoms with Gasteiger partial charge < -0.3 is 9.88 Å². The molecule has 2 rings (SSSR count). The lowest BCUT2D eigenvalue weighted by Gasteiger charge is -2.20. The largest absolute Gasteiger partial charge is 0.406 e. The normalized spacial score (nSPS) is 22.3. The maximum absolute atomic E-state index is 12.5. The number of amides is 1. The number of hydrogen-bond donors (Lipinski definition) is 2. The van der Waals surface area contributed by atoms with E-state index in [1.165, 1.54) is 0 Å². The number of carbonyl (C=O) groups excluding carboxylic acids is 1. The molecular weight excluding hydrogens is 360 g/mol. The fourth-order valence-electron chi connectivity index (χ4n) is 2.14. The lowest BCUT2D eigenvalue weighted by atomic mass is 10.2. The number of aromatic nitrogens is 1. The minimum absolute atomic E-state index is 0.00438. The zero-order valence-electron chi connectivity index (χ0n) is 11.8. The number of likely N-dealkylation sites (N-methyl/N-ethyl adjacent to an activating group) is 1. The lowest BCUT2D eigenvalue weighted by molar-refractivity contribution is -0.141. The number of carbonyl (C=O) groups is 1. The molecule has 0 radical (unpaired) electrons. The highest BCUT2D eigenvalue weighted by Gasteiger charge is 2.34. The van der Waals surface area contributed by atoms with E-state index in [0.29, 0.717) is 4.57 Å². The first-order valence-electron chi connectivity index (χ1n) is 6.45. The topological polar surface area (TPSA) is 66.4 Å². The molecular formula is C12H13Cl2F3N4O2. The number of alkyl halides is 4. The van der Waals surface area contributed by atoms with E-state index < -0.39 is 40.9 Å². The van der Waals surface area contributed by atoms with Crippen molar-refractivity contribution in [2.45, 2.75) is 24.4 Å². The SMILES string of the molecule is CN1C(Cl)NCC1C(=O)Nc1cc(Cl)c(=O)n(CC(F)(F)F)c1. The molecule has 2 unspecified atom stereocenters. The molecule has 23 heavy (non-hydrogen) atoms. The smallest absolute Gasteiger partial charge is 0.323 e. The average molecular weight is 373 g/mol. The second-order valence-corrected chi connectivity index (χ2v) is 5.86. The van der Waals surface area contributed by atoms with Gasteiger partial charge >= 0.3 is 6.18 Å². The Hall–Kier alpha value is -1.29. The number of nitrogens with zero attached hydrogens (tertiary/aromatic N) is 2. The monoisotopic (exact) mass is 372 g/mol. The molecule has 0 saturated carbocycles. The molecule has 6 nitrogen and oxygen atoms in total. The molecule has 1 aromatic rings. The summed E-state index contributed by atoms with van der Waals surface area (Å²) in [5.41, 5.74) is -1.51. The van der Waals surface area contributed by atoms with E-state index >= 15 is 0 Å². The standard InChI is InChI=1S/C12H13Cl2F3N4O2/c1-20-8(3-18-11(20)14)9(22)19-6-2-7(13)10(23)21(4-6)5-12(15,16)17/h2,4,8,11,18H,3,5H2,1H3,(H,19,22). The van der Waals surface area contributed by atoms with Gasteiger partial charge in [0.2, 0.25) is 5.91 Å². The highest BCUT2D eigenvalue weighted by molar-refractivity contribution is 6.30. The fraction of sp³-hybridized carbons (Fsp3) is 0.500. The summed E-state index contributed by atoms with van der Waals surface area (Å²) in [6, 6.07) is 0.508. The van der Waals surface area contributed by atoms with Crippen LogP contribution in [0, 0.1) is 0 Å². The van der Waals surface area contributed by atoms with Gasteiger partial charge in [-0.25, -0.2) is 0 Å². The van der Waals surface area contributed by atoms with Crippen LogP contribution in [0.3, 0.4) is 0 Å². The van der Waals surface area contributed by atoms with Crippen molar-refractivity contribution >= 4 is 34.8 Å². The van der Waals surface area contributed by atoms with Crippen LogP contribution in [0.15, 0.2) is 17.1 Å². The summed E-state index contributed by atoms with van der Waals surface area (Å²) in [7, 11) is 1.62. The highest BCUT2D eigenvalue weighted by Crippen LogP contribution is 2.20. The predicted octanol–water partition coefficient (Wildman–Crippen LogP) is 1.43. The molecule has 2 N–H and O–H groups in total. The summed E-state index contributed by atoms with van der Waals surface area (Å²) >= 11 is 11.5. The minimum Gasteiger partial charge on any atom is -0.323 e. The Kier molecular flexibility index (Phi) is 5.24. The molecule has 2 atom stereocenters. The van der Waals surface area contributed by atoms with Crippen LogP contribution in [0.4, 0.5) is 18.9 Å². The van der Waals surface area contributed by atoms with Crippen LogP contribution in [0.25, 0.3) is 0 Å². The molecule has 0 spiro atoms. The van der Waals surface area contributed by atoms with Gasteiger partial charge in [0.05, 0.1) is 5.69 Å². The Morgan fingerprint density at radius 3 is 2.70 bits per heavy atom. The molecule has 1 aliphatic rings. The van der Waals surface area contributed by atoms with Crippen LogP contribution < -0.4 is 16.2 Å². The fourth-order valence-corrected chi connectivity index (χ4v) is 2.59. The minimum atomic E-state index is -4.59. The third-order valence-electron chi connectivity index (χ3n) is 3.29. The molecule has 0 aromatic carbocycles. The summed E-state index contributed by atoms with van der Waals surface area (Å²) in [5.74, 6) is -0.476. The molecule has 1 fully saturated rings. The summed E-state index contributed by atoms with van der Waals surface area (Å²) in [6.07, 6.45) is -3.68. The molecule has 0 aliphatic carbocycles. The lowest BCUT2D eigenvalue weighted by Crippen LogP contribution is -2.40. The number of rotatable bonds is 3. The van der Waals surface area contributed by atoms with E-state index in [-0.39, 0.29) is 12.2 Å². The first kappa shape index (κ1) is 18.1. The Balaban J connectivity index is 2.20. The van der Waals surface area contributed by atoms with Gasteiger partial charge in [0.15, 0.2) is 0 Å². The quantitative estimate of drug-likeness (QED) is 0.622. The van der Waals surface area contributed by atoms with E-state index in [1.807, 2.05) is 0 Å². The van der Waals surface area contributed by atoms with Crippen LogP contribution in [0.2, 0.25) is 5.02 Å². The van der Waals surface area contributed by atoms with Gasteiger partial charge in [-0.05, 0) is 13.1 Å². The summed E-state index contributed by atoms with van der Waals surface area (Å²) < 4.78 is 37.8. The highest BCUT2D eigenvalue weighted by atomic mass is 35.5. The van der Waals surface area contributed by atoms with Crippen molar-refractivity contribution in [2.24, 2.45) is 0 Å². The maximum Gasteiger partial charge on any atom is 0.406 e. The van der Waals surface area contributed by atoms with E-state index in [9.17, 15) is 22.8 Å². The Labute approximate surface area is 139 Å². The molecule has 0 bridgehead atoms. The van der Waals surface area contributed by atoms with Crippen molar-refractivity contribution in [3.05, 3.63) is 27.6 Å². The number of anilines is 1. The third-order valence-corrected chi connectivity index (χ3v) is 4.02. The average Bonchev–Trinajstić information content (AvgIpc) is 2.74. The van der Waals surface area contributed by atoms with Gasteiger partial charge in [-0.2, -0.15) is 13.2 Å². The zero-order valence-corrected chi connectivity index (χ0v) is 13.3. The van der Waals surface area contributed by atoms with E-state index in [4.69, 9.17) is 23.2 Å². The van der Waals surface area contributed by atoms with E-state index in [0.717, 1.165) is 12.3 Å². The first-order chi connectivity index (χ1) is 10.6. The van der Waals surface area contributed by atoms with Crippen molar-refractivity contribution in [1.29, 1.82) is 0 Å². The van der Waals surface area contributed by atoms with Crippen molar-refractivity contribution in [3.8, 4) is 0 Å². The second kappa shape index (κ2) is 6.68. The summed E-state index contributed by atoms with van der Waals surface area (Å²) in [5, 5.41) is 4.87. The van der Waals surface area contributed by atoms with E-state index in [2.05, 4.69) is 10.6 Å². The Bertz CT molecular complexity index is 665. The van der Waals surface area contributed by atoms with Crippen LogP contribution >= 0.6 is 23.2 Å².